The van der Waals surface area contributed by atoms with Crippen LogP contribution < -0.4 is 0 Å². The van der Waals surface area contributed by atoms with Gasteiger partial charge in [0.15, 0.2) is 5.78 Å². The lowest BCUT2D eigenvalue weighted by Gasteiger charge is -2.34. The van der Waals surface area contributed by atoms with Crippen LogP contribution in [0.25, 0.3) is 0 Å². The van der Waals surface area contributed by atoms with Gasteiger partial charge in [-0.15, -0.1) is 11.3 Å². The number of pyridine rings is 1. The van der Waals surface area contributed by atoms with E-state index in [0.29, 0.717) is 6.42 Å². The molecular weight excluding hydrogens is 322 g/mol. The minimum atomic E-state index is 0.0581. The molecule has 5 nitrogen and oxygen atoms in total. The van der Waals surface area contributed by atoms with Crippen LogP contribution in [0.15, 0.2) is 36.0 Å². The largest absolute Gasteiger partial charge is 0.340 e. The average molecular weight is 343 g/mol. The van der Waals surface area contributed by atoms with E-state index in [-0.39, 0.29) is 11.7 Å². The van der Waals surface area contributed by atoms with E-state index in [2.05, 4.69) is 16.0 Å². The smallest absolute Gasteiger partial charge is 0.227 e. The van der Waals surface area contributed by atoms with Gasteiger partial charge in [-0.2, -0.15) is 0 Å². The highest BCUT2D eigenvalue weighted by atomic mass is 32.1. The molecule has 0 unspecified atom stereocenters. The van der Waals surface area contributed by atoms with Crippen LogP contribution >= 0.6 is 11.3 Å². The zero-order valence-corrected chi connectivity index (χ0v) is 14.6. The molecule has 1 fully saturated rings. The molecule has 0 saturated carbocycles. The summed E-state index contributed by atoms with van der Waals surface area (Å²) < 4.78 is 0. The summed E-state index contributed by atoms with van der Waals surface area (Å²) in [4.78, 5) is 32.9. The summed E-state index contributed by atoms with van der Waals surface area (Å²) in [5, 5.41) is 1.91. The van der Waals surface area contributed by atoms with E-state index in [0.717, 1.165) is 43.2 Å². The molecule has 3 heterocycles. The predicted octanol–water partition coefficient (Wildman–Crippen LogP) is 2.23. The number of rotatable bonds is 5. The Bertz CT molecular complexity index is 706. The quantitative estimate of drug-likeness (QED) is 0.781. The van der Waals surface area contributed by atoms with Crippen molar-refractivity contribution in [2.24, 2.45) is 0 Å². The molecule has 1 saturated heterocycles. The number of hydrogen-bond acceptors (Lipinski definition) is 5. The second kappa shape index (κ2) is 7.68. The number of hydrogen-bond donors (Lipinski definition) is 0. The van der Waals surface area contributed by atoms with Crippen molar-refractivity contribution < 1.29 is 9.59 Å². The average Bonchev–Trinajstić information content (AvgIpc) is 3.05. The number of amides is 1. The summed E-state index contributed by atoms with van der Waals surface area (Å²) >= 11 is 1.41. The lowest BCUT2D eigenvalue weighted by Crippen LogP contribution is -2.48. The van der Waals surface area contributed by atoms with Gasteiger partial charge in [0, 0.05) is 45.1 Å². The molecule has 0 aliphatic carbocycles. The van der Waals surface area contributed by atoms with E-state index < -0.39 is 0 Å². The third-order valence-corrected chi connectivity index (χ3v) is 5.29. The molecule has 1 amide bonds. The van der Waals surface area contributed by atoms with Gasteiger partial charge in [-0.1, -0.05) is 6.07 Å². The summed E-state index contributed by atoms with van der Waals surface area (Å²) in [6.45, 7) is 5.69. The minimum absolute atomic E-state index is 0.0581. The number of aromatic nitrogens is 1. The number of piperazine rings is 1. The fourth-order valence-electron chi connectivity index (χ4n) is 2.84. The minimum Gasteiger partial charge on any atom is -0.340 e. The first-order chi connectivity index (χ1) is 11.6. The van der Waals surface area contributed by atoms with Crippen LogP contribution in [0.3, 0.4) is 0 Å². The van der Waals surface area contributed by atoms with Crippen LogP contribution in [-0.4, -0.2) is 52.7 Å². The first-order valence-corrected chi connectivity index (χ1v) is 8.97. The van der Waals surface area contributed by atoms with Crippen molar-refractivity contribution in [3.63, 3.8) is 0 Å². The number of ketones is 1. The highest BCUT2D eigenvalue weighted by molar-refractivity contribution is 7.12. The Balaban J connectivity index is 1.48. The van der Waals surface area contributed by atoms with E-state index in [1.54, 1.807) is 13.1 Å². The summed E-state index contributed by atoms with van der Waals surface area (Å²) in [5.74, 6) is 0.201. The van der Waals surface area contributed by atoms with Gasteiger partial charge in [-0.05, 0) is 35.6 Å². The van der Waals surface area contributed by atoms with Crippen molar-refractivity contribution in [3.8, 4) is 0 Å². The molecule has 126 valence electrons. The Morgan fingerprint density at radius 2 is 2.00 bits per heavy atom. The molecule has 0 atom stereocenters. The van der Waals surface area contributed by atoms with Crippen LogP contribution in [0.2, 0.25) is 0 Å². The first-order valence-electron chi connectivity index (χ1n) is 8.09. The SMILES string of the molecule is CC(=O)c1cc(CC(=O)N2CCN(Cc3cccnc3)CC2)cs1. The normalized spacial score (nSPS) is 15.5. The maximum absolute atomic E-state index is 12.4. The second-order valence-electron chi connectivity index (χ2n) is 6.07. The van der Waals surface area contributed by atoms with Crippen molar-refractivity contribution >= 4 is 23.0 Å². The number of nitrogens with zero attached hydrogens (tertiary/aromatic N) is 3. The molecule has 0 N–H and O–H groups in total. The van der Waals surface area contributed by atoms with Gasteiger partial charge in [0.25, 0.3) is 0 Å². The lowest BCUT2D eigenvalue weighted by atomic mass is 10.1. The fraction of sp³-hybridized carbons (Fsp3) is 0.389. The highest BCUT2D eigenvalue weighted by Crippen LogP contribution is 2.17. The molecule has 0 radical (unpaired) electrons. The predicted molar refractivity (Wildman–Crippen MR) is 94.1 cm³/mol. The molecular formula is C18H21N3O2S. The molecule has 3 rings (SSSR count). The monoisotopic (exact) mass is 343 g/mol. The third-order valence-electron chi connectivity index (χ3n) is 4.21. The topological polar surface area (TPSA) is 53.5 Å². The van der Waals surface area contributed by atoms with Crippen molar-refractivity contribution in [2.75, 3.05) is 26.2 Å². The molecule has 6 heteroatoms. The summed E-state index contributed by atoms with van der Waals surface area (Å²) in [7, 11) is 0. The zero-order valence-electron chi connectivity index (χ0n) is 13.8. The summed E-state index contributed by atoms with van der Waals surface area (Å²) in [6.07, 6.45) is 4.05. The number of Topliss-reactive ketones (excluding diaryl/α,β-unsaturated/α-hetero) is 1. The molecule has 2 aromatic heterocycles. The van der Waals surface area contributed by atoms with Crippen molar-refractivity contribution in [1.29, 1.82) is 0 Å². The molecule has 1 aliphatic rings. The van der Waals surface area contributed by atoms with Gasteiger partial charge in [-0.25, -0.2) is 0 Å². The van der Waals surface area contributed by atoms with Crippen molar-refractivity contribution in [1.82, 2.24) is 14.8 Å². The van der Waals surface area contributed by atoms with Crippen LogP contribution in [0, 0.1) is 0 Å². The molecule has 1 aliphatic heterocycles. The van der Waals surface area contributed by atoms with E-state index in [1.165, 1.54) is 16.9 Å². The maximum Gasteiger partial charge on any atom is 0.227 e. The standard InChI is InChI=1S/C18H21N3O2S/c1-14(22)17-9-16(13-24-17)10-18(23)21-7-5-20(6-8-21)12-15-3-2-4-19-11-15/h2-4,9,11,13H,5-8,10,12H2,1H3. The second-order valence-corrected chi connectivity index (χ2v) is 6.98. The van der Waals surface area contributed by atoms with Gasteiger partial charge in [-0.3, -0.25) is 19.5 Å². The lowest BCUT2D eigenvalue weighted by molar-refractivity contribution is -0.132. The Morgan fingerprint density at radius 1 is 1.21 bits per heavy atom. The third kappa shape index (κ3) is 4.27. The van der Waals surface area contributed by atoms with Gasteiger partial charge in [0.1, 0.15) is 0 Å². The Hall–Kier alpha value is -2.05. The van der Waals surface area contributed by atoms with E-state index in [1.807, 2.05) is 28.6 Å². The van der Waals surface area contributed by atoms with Gasteiger partial charge in [0.05, 0.1) is 11.3 Å². The Labute approximate surface area is 145 Å². The summed E-state index contributed by atoms with van der Waals surface area (Å²) in [6, 6.07) is 5.86. The Morgan fingerprint density at radius 3 is 2.62 bits per heavy atom. The van der Waals surface area contributed by atoms with Crippen LogP contribution in [-0.2, 0) is 17.8 Å². The van der Waals surface area contributed by atoms with Gasteiger partial charge in [0.2, 0.25) is 5.91 Å². The maximum atomic E-state index is 12.4. The molecule has 2 aromatic rings. The van der Waals surface area contributed by atoms with Crippen LogP contribution in [0.5, 0.6) is 0 Å². The number of carbonyl (C=O) groups excluding carboxylic acids is 2. The van der Waals surface area contributed by atoms with Gasteiger partial charge < -0.3 is 4.90 Å². The van der Waals surface area contributed by atoms with E-state index in [4.69, 9.17) is 0 Å². The van der Waals surface area contributed by atoms with Crippen LogP contribution in [0.1, 0.15) is 27.7 Å². The van der Waals surface area contributed by atoms with Crippen LogP contribution in [0.4, 0.5) is 0 Å². The zero-order chi connectivity index (χ0) is 16.9. The van der Waals surface area contributed by atoms with Gasteiger partial charge >= 0.3 is 0 Å². The fourth-order valence-corrected chi connectivity index (χ4v) is 3.66. The molecule has 0 bridgehead atoms. The van der Waals surface area contributed by atoms with E-state index in [9.17, 15) is 9.59 Å². The first kappa shape index (κ1) is 16.8. The number of thiophene rings is 1. The van der Waals surface area contributed by atoms with Crippen molar-refractivity contribution in [3.05, 3.63) is 52.0 Å². The summed E-state index contributed by atoms with van der Waals surface area (Å²) in [5.41, 5.74) is 2.14. The number of carbonyl (C=O) groups is 2. The highest BCUT2D eigenvalue weighted by Gasteiger charge is 2.21. The molecule has 0 aromatic carbocycles. The molecule has 0 spiro atoms. The molecule has 24 heavy (non-hydrogen) atoms. The van der Waals surface area contributed by atoms with Crippen molar-refractivity contribution in [2.45, 2.75) is 19.9 Å². The van der Waals surface area contributed by atoms with E-state index >= 15 is 0 Å². The Kier molecular flexibility index (Phi) is 5.37.